The molecule has 32 heavy (non-hydrogen) atoms. The third-order valence-electron chi connectivity index (χ3n) is 5.33. The van der Waals surface area contributed by atoms with Crippen LogP contribution in [-0.2, 0) is 14.9 Å². The second-order valence-corrected chi connectivity index (χ2v) is 9.58. The van der Waals surface area contributed by atoms with Crippen LogP contribution >= 0.6 is 0 Å². The minimum atomic E-state index is -3.80. The molecular formula is C21H19F4N3O3S. The Hall–Kier alpha value is -2.95. The molecule has 2 heterocycles. The molecule has 2 aliphatic rings. The zero-order valence-corrected chi connectivity index (χ0v) is 18.0. The van der Waals surface area contributed by atoms with Crippen molar-refractivity contribution in [1.29, 1.82) is 0 Å². The van der Waals surface area contributed by atoms with Gasteiger partial charge in [0.15, 0.2) is 11.8 Å². The summed E-state index contributed by atoms with van der Waals surface area (Å²) in [7, 11) is -3.80. The van der Waals surface area contributed by atoms with Crippen molar-refractivity contribution in [3.8, 4) is 11.1 Å². The fourth-order valence-electron chi connectivity index (χ4n) is 3.90. The van der Waals surface area contributed by atoms with Gasteiger partial charge >= 0.3 is 0 Å². The van der Waals surface area contributed by atoms with Gasteiger partial charge < -0.3 is 9.74 Å². The second kappa shape index (κ2) is 7.88. The van der Waals surface area contributed by atoms with E-state index < -0.39 is 39.2 Å². The summed E-state index contributed by atoms with van der Waals surface area (Å²) in [5.41, 5.74) is -2.67. The van der Waals surface area contributed by atoms with Gasteiger partial charge in [-0.3, -0.25) is 0 Å². The number of nitrogens with zero attached hydrogens (tertiary/aromatic N) is 3. The molecular weight excluding hydrogens is 450 g/mol. The number of halogens is 4. The molecule has 6 nitrogen and oxygen atoms in total. The third kappa shape index (κ3) is 4.21. The maximum Gasteiger partial charge on any atom is 0.250 e. The standard InChI is InChI=1S/C21H19F4N3O3S/c1-21(25)11-28(10-17(21)27-32(2,29)30)18-9-16(31-26-18)20-12(5-3-6-15(20)24)19-13(22)7-4-8-14(19)23/h3-8,16H,9-11H2,1-2H3/t16?,21-/m0/s1. The quantitative estimate of drug-likeness (QED) is 0.638. The van der Waals surface area contributed by atoms with Crippen LogP contribution in [0.3, 0.4) is 0 Å². The van der Waals surface area contributed by atoms with E-state index in [4.69, 9.17) is 4.84 Å². The average molecular weight is 469 g/mol. The van der Waals surface area contributed by atoms with Crippen molar-refractivity contribution in [3.05, 3.63) is 59.4 Å². The Morgan fingerprint density at radius 1 is 1.12 bits per heavy atom. The highest BCUT2D eigenvalue weighted by Gasteiger charge is 2.44. The molecule has 1 fully saturated rings. The molecule has 0 saturated carbocycles. The van der Waals surface area contributed by atoms with Crippen LogP contribution in [0, 0.1) is 17.5 Å². The molecule has 0 bridgehead atoms. The molecule has 4 rings (SSSR count). The van der Waals surface area contributed by atoms with E-state index in [1.165, 1.54) is 30.0 Å². The van der Waals surface area contributed by atoms with Crippen LogP contribution in [0.5, 0.6) is 0 Å². The summed E-state index contributed by atoms with van der Waals surface area (Å²) in [6.45, 7) is 0.851. The van der Waals surface area contributed by atoms with E-state index in [2.05, 4.69) is 9.55 Å². The van der Waals surface area contributed by atoms with Gasteiger partial charge in [-0.15, -0.1) is 0 Å². The van der Waals surface area contributed by atoms with Crippen LogP contribution in [0.4, 0.5) is 17.6 Å². The first-order valence-corrected chi connectivity index (χ1v) is 11.5. The Balaban J connectivity index is 1.63. The van der Waals surface area contributed by atoms with Gasteiger partial charge in [0.1, 0.15) is 23.3 Å². The first-order valence-electron chi connectivity index (χ1n) is 9.65. The Kier molecular flexibility index (Phi) is 5.48. The Labute approximate surface area is 182 Å². The summed E-state index contributed by atoms with van der Waals surface area (Å²) < 4.78 is 84.9. The monoisotopic (exact) mass is 469 g/mol. The normalized spacial score (nSPS) is 24.7. The number of rotatable bonds is 3. The molecule has 1 saturated heterocycles. The van der Waals surface area contributed by atoms with E-state index in [1.807, 2.05) is 0 Å². The van der Waals surface area contributed by atoms with Crippen LogP contribution in [0.25, 0.3) is 11.1 Å². The molecule has 0 radical (unpaired) electrons. The van der Waals surface area contributed by atoms with Crippen LogP contribution < -0.4 is 0 Å². The van der Waals surface area contributed by atoms with Crippen molar-refractivity contribution in [1.82, 2.24) is 4.90 Å². The van der Waals surface area contributed by atoms with Crippen LogP contribution in [-0.4, -0.2) is 49.9 Å². The van der Waals surface area contributed by atoms with E-state index >= 15 is 0 Å². The first kappa shape index (κ1) is 22.3. The van der Waals surface area contributed by atoms with Gasteiger partial charge in [-0.1, -0.05) is 23.4 Å². The predicted molar refractivity (Wildman–Crippen MR) is 111 cm³/mol. The van der Waals surface area contributed by atoms with E-state index in [9.17, 15) is 26.0 Å². The Morgan fingerprint density at radius 3 is 2.41 bits per heavy atom. The van der Waals surface area contributed by atoms with Crippen LogP contribution in [0.2, 0.25) is 0 Å². The molecule has 11 heteroatoms. The average Bonchev–Trinajstić information content (AvgIpc) is 3.25. The number of alkyl halides is 1. The molecule has 2 aromatic rings. The minimum Gasteiger partial charge on any atom is -0.386 e. The molecule has 0 amide bonds. The van der Waals surface area contributed by atoms with Gasteiger partial charge in [0.05, 0.1) is 37.0 Å². The molecule has 0 N–H and O–H groups in total. The lowest BCUT2D eigenvalue weighted by molar-refractivity contribution is 0.0832. The minimum absolute atomic E-state index is 0.00770. The van der Waals surface area contributed by atoms with Gasteiger partial charge in [0, 0.05) is 5.56 Å². The highest BCUT2D eigenvalue weighted by atomic mass is 32.2. The number of oxime groups is 1. The largest absolute Gasteiger partial charge is 0.386 e. The molecule has 2 atom stereocenters. The third-order valence-corrected chi connectivity index (χ3v) is 5.88. The van der Waals surface area contributed by atoms with E-state index in [1.54, 1.807) is 0 Å². The Bertz CT molecular complexity index is 1220. The lowest BCUT2D eigenvalue weighted by Crippen LogP contribution is -2.32. The maximum absolute atomic E-state index is 14.9. The Morgan fingerprint density at radius 2 is 1.75 bits per heavy atom. The van der Waals surface area contributed by atoms with E-state index in [-0.39, 0.29) is 47.7 Å². The molecule has 2 aromatic carbocycles. The molecule has 170 valence electrons. The SMILES string of the molecule is C[C@]1(F)CN(C2=NOC(c3c(F)cccc3-c3c(F)cccc3F)C2)CC1=NS(C)(=O)=O. The zero-order chi connectivity index (χ0) is 23.3. The van der Waals surface area contributed by atoms with Crippen molar-refractivity contribution < 1.29 is 30.8 Å². The van der Waals surface area contributed by atoms with E-state index in [0.717, 1.165) is 24.5 Å². The number of hydrogen-bond acceptors (Lipinski definition) is 5. The number of benzene rings is 2. The summed E-state index contributed by atoms with van der Waals surface area (Å²) >= 11 is 0. The molecule has 0 aliphatic carbocycles. The fourth-order valence-corrected chi connectivity index (χ4v) is 4.55. The van der Waals surface area contributed by atoms with Crippen LogP contribution in [0.15, 0.2) is 46.0 Å². The highest BCUT2D eigenvalue weighted by Crippen LogP contribution is 2.39. The van der Waals surface area contributed by atoms with Crippen molar-refractivity contribution in [3.63, 3.8) is 0 Å². The lowest BCUT2D eigenvalue weighted by Gasteiger charge is -2.18. The first-order chi connectivity index (χ1) is 15.0. The zero-order valence-electron chi connectivity index (χ0n) is 17.1. The van der Waals surface area contributed by atoms with Crippen molar-refractivity contribution in [2.24, 2.45) is 9.55 Å². The molecule has 1 unspecified atom stereocenters. The summed E-state index contributed by atoms with van der Waals surface area (Å²) in [5, 5.41) is 3.91. The summed E-state index contributed by atoms with van der Waals surface area (Å²) in [4.78, 5) is 6.82. The molecule has 2 aliphatic heterocycles. The molecule has 0 aromatic heterocycles. The highest BCUT2D eigenvalue weighted by molar-refractivity contribution is 7.89. The van der Waals surface area contributed by atoms with Crippen molar-refractivity contribution in [2.75, 3.05) is 19.3 Å². The van der Waals surface area contributed by atoms with Gasteiger partial charge in [0.25, 0.3) is 0 Å². The summed E-state index contributed by atoms with van der Waals surface area (Å²) in [5.74, 6) is -2.20. The van der Waals surface area contributed by atoms with Crippen molar-refractivity contribution >= 4 is 21.6 Å². The number of likely N-dealkylation sites (tertiary alicyclic amines) is 1. The van der Waals surface area contributed by atoms with Gasteiger partial charge in [-0.2, -0.15) is 4.40 Å². The number of amidine groups is 1. The van der Waals surface area contributed by atoms with Gasteiger partial charge in [-0.25, -0.2) is 26.0 Å². The predicted octanol–water partition coefficient (Wildman–Crippen LogP) is 3.99. The van der Waals surface area contributed by atoms with Gasteiger partial charge in [-0.05, 0) is 30.7 Å². The van der Waals surface area contributed by atoms with Crippen LogP contribution in [0.1, 0.15) is 25.0 Å². The van der Waals surface area contributed by atoms with Crippen molar-refractivity contribution in [2.45, 2.75) is 25.1 Å². The number of sulfonamides is 1. The molecule has 0 spiro atoms. The van der Waals surface area contributed by atoms with E-state index in [0.29, 0.717) is 0 Å². The second-order valence-electron chi connectivity index (χ2n) is 7.93. The summed E-state index contributed by atoms with van der Waals surface area (Å²) in [6.07, 6.45) is -0.152. The topological polar surface area (TPSA) is 71.3 Å². The lowest BCUT2D eigenvalue weighted by atomic mass is 9.93. The maximum atomic E-state index is 14.9. The summed E-state index contributed by atoms with van der Waals surface area (Å²) in [6, 6.07) is 7.20. The van der Waals surface area contributed by atoms with Gasteiger partial charge in [0.2, 0.25) is 10.0 Å². The fraction of sp³-hybridized carbons (Fsp3) is 0.333. The number of hydrogen-bond donors (Lipinski definition) is 0. The smallest absolute Gasteiger partial charge is 0.250 e.